The fourth-order valence-electron chi connectivity index (χ4n) is 1.73. The predicted octanol–water partition coefficient (Wildman–Crippen LogP) is 1.86. The number of nitrogens with zero attached hydrogens (tertiary/aromatic N) is 1. The highest BCUT2D eigenvalue weighted by atomic mass is 16.5. The van der Waals surface area contributed by atoms with Crippen molar-refractivity contribution >= 4 is 5.91 Å². The van der Waals surface area contributed by atoms with Crippen molar-refractivity contribution < 1.29 is 14.3 Å². The summed E-state index contributed by atoms with van der Waals surface area (Å²) in [6.45, 7) is 0. The van der Waals surface area contributed by atoms with Gasteiger partial charge in [-0.1, -0.05) is 12.1 Å². The first-order chi connectivity index (χ1) is 9.15. The summed E-state index contributed by atoms with van der Waals surface area (Å²) in [5.41, 5.74) is 7.37. The number of benzene rings is 1. The van der Waals surface area contributed by atoms with Gasteiger partial charge in [0.1, 0.15) is 0 Å². The number of primary amides is 1. The summed E-state index contributed by atoms with van der Waals surface area (Å²) in [5.74, 6) is 0.493. The number of aromatic nitrogens is 1. The van der Waals surface area contributed by atoms with Crippen LogP contribution in [0, 0.1) is 0 Å². The van der Waals surface area contributed by atoms with Gasteiger partial charge in [-0.05, 0) is 23.8 Å². The van der Waals surface area contributed by atoms with E-state index in [1.807, 2.05) is 6.07 Å². The summed E-state index contributed by atoms with van der Waals surface area (Å²) in [5, 5.41) is 0. The minimum absolute atomic E-state index is 0.452. The van der Waals surface area contributed by atoms with Crippen molar-refractivity contribution in [3.05, 3.63) is 42.0 Å². The lowest BCUT2D eigenvalue weighted by Crippen LogP contribution is -2.10. The van der Waals surface area contributed by atoms with Crippen LogP contribution in [-0.2, 0) is 0 Å². The fraction of sp³-hybridized carbons (Fsp3) is 0.143. The molecule has 98 valence electrons. The third-order valence-corrected chi connectivity index (χ3v) is 2.72. The lowest BCUT2D eigenvalue weighted by molar-refractivity contribution is 0.100. The summed E-state index contributed by atoms with van der Waals surface area (Å²) >= 11 is 0. The van der Waals surface area contributed by atoms with Crippen molar-refractivity contribution in [2.24, 2.45) is 5.73 Å². The Hall–Kier alpha value is -2.56. The number of hydrogen-bond acceptors (Lipinski definition) is 4. The zero-order valence-electron chi connectivity index (χ0n) is 10.7. The zero-order valence-corrected chi connectivity index (χ0v) is 10.7. The van der Waals surface area contributed by atoms with Crippen LogP contribution in [0.25, 0.3) is 11.1 Å². The average Bonchev–Trinajstić information content (AvgIpc) is 2.46. The van der Waals surface area contributed by atoms with Crippen molar-refractivity contribution in [1.82, 2.24) is 4.98 Å². The third kappa shape index (κ3) is 2.65. The Morgan fingerprint density at radius 3 is 2.26 bits per heavy atom. The van der Waals surface area contributed by atoms with Crippen LogP contribution in [0.4, 0.5) is 0 Å². The van der Waals surface area contributed by atoms with Crippen LogP contribution in [-0.4, -0.2) is 25.1 Å². The van der Waals surface area contributed by atoms with Crippen molar-refractivity contribution in [1.29, 1.82) is 0 Å². The van der Waals surface area contributed by atoms with Gasteiger partial charge in [0.2, 0.25) is 17.7 Å². The van der Waals surface area contributed by atoms with Crippen LogP contribution in [0.3, 0.4) is 0 Å². The number of nitrogens with two attached hydrogens (primary N) is 1. The summed E-state index contributed by atoms with van der Waals surface area (Å²) < 4.78 is 10.3. The quantitative estimate of drug-likeness (QED) is 0.908. The Kier molecular flexibility index (Phi) is 3.66. The summed E-state index contributed by atoms with van der Waals surface area (Å²) in [6, 6.07) is 10.5. The predicted molar refractivity (Wildman–Crippen MR) is 71.3 cm³/mol. The molecule has 0 radical (unpaired) electrons. The smallest absolute Gasteiger partial charge is 0.248 e. The van der Waals surface area contributed by atoms with Crippen LogP contribution in [0.1, 0.15) is 10.4 Å². The number of methoxy groups -OCH3 is 2. The lowest BCUT2D eigenvalue weighted by atomic mass is 10.0. The number of ether oxygens (including phenoxy) is 2. The monoisotopic (exact) mass is 258 g/mol. The Morgan fingerprint density at radius 2 is 1.74 bits per heavy atom. The number of hydrogen-bond donors (Lipinski definition) is 1. The molecule has 0 saturated carbocycles. The molecule has 2 N–H and O–H groups in total. The van der Waals surface area contributed by atoms with Gasteiger partial charge in [0, 0.05) is 17.2 Å². The molecule has 0 spiro atoms. The van der Waals surface area contributed by atoms with Gasteiger partial charge in [-0.2, -0.15) is 4.98 Å². The fourth-order valence-corrected chi connectivity index (χ4v) is 1.73. The van der Waals surface area contributed by atoms with E-state index in [9.17, 15) is 4.79 Å². The van der Waals surface area contributed by atoms with E-state index in [0.717, 1.165) is 11.1 Å². The van der Waals surface area contributed by atoms with Gasteiger partial charge in [-0.15, -0.1) is 0 Å². The van der Waals surface area contributed by atoms with Crippen molar-refractivity contribution in [2.75, 3.05) is 14.2 Å². The van der Waals surface area contributed by atoms with Crippen LogP contribution < -0.4 is 15.2 Å². The van der Waals surface area contributed by atoms with Gasteiger partial charge < -0.3 is 15.2 Å². The summed E-state index contributed by atoms with van der Waals surface area (Å²) in [4.78, 5) is 15.2. The van der Waals surface area contributed by atoms with Gasteiger partial charge in [0.25, 0.3) is 0 Å². The van der Waals surface area contributed by atoms with Crippen LogP contribution in [0.5, 0.6) is 11.8 Å². The van der Waals surface area contributed by atoms with Crippen molar-refractivity contribution in [3.8, 4) is 22.9 Å². The number of amides is 1. The highest BCUT2D eigenvalue weighted by molar-refractivity contribution is 5.93. The van der Waals surface area contributed by atoms with E-state index < -0.39 is 5.91 Å². The average molecular weight is 258 g/mol. The molecule has 0 atom stereocenters. The largest absolute Gasteiger partial charge is 0.481 e. The molecule has 19 heavy (non-hydrogen) atoms. The topological polar surface area (TPSA) is 74.4 Å². The molecule has 5 heteroatoms. The molecule has 0 aliphatic heterocycles. The molecule has 1 amide bonds. The first kappa shape index (κ1) is 12.9. The van der Waals surface area contributed by atoms with E-state index >= 15 is 0 Å². The Morgan fingerprint density at radius 1 is 1.05 bits per heavy atom. The maximum atomic E-state index is 11.0. The SMILES string of the molecule is COc1ccc(-c2ccc(C(N)=O)cc2)c(OC)n1. The minimum Gasteiger partial charge on any atom is -0.481 e. The molecule has 5 nitrogen and oxygen atoms in total. The zero-order chi connectivity index (χ0) is 13.8. The molecule has 0 aliphatic rings. The summed E-state index contributed by atoms with van der Waals surface area (Å²) in [7, 11) is 3.09. The van der Waals surface area contributed by atoms with Crippen LogP contribution >= 0.6 is 0 Å². The van der Waals surface area contributed by atoms with Gasteiger partial charge in [-0.3, -0.25) is 4.79 Å². The second kappa shape index (κ2) is 5.39. The second-order valence-electron chi connectivity index (χ2n) is 3.85. The molecule has 2 aromatic rings. The van der Waals surface area contributed by atoms with E-state index in [4.69, 9.17) is 15.2 Å². The first-order valence-electron chi connectivity index (χ1n) is 5.65. The van der Waals surface area contributed by atoms with E-state index in [2.05, 4.69) is 4.98 Å². The standard InChI is InChI=1S/C14H14N2O3/c1-18-12-8-7-11(14(16-12)19-2)9-3-5-10(6-4-9)13(15)17/h3-8H,1-2H3,(H2,15,17). The molecular formula is C14H14N2O3. The van der Waals surface area contributed by atoms with Gasteiger partial charge in [-0.25, -0.2) is 0 Å². The van der Waals surface area contributed by atoms with E-state index in [1.165, 1.54) is 0 Å². The first-order valence-corrected chi connectivity index (χ1v) is 5.65. The Labute approximate surface area is 111 Å². The molecular weight excluding hydrogens is 244 g/mol. The van der Waals surface area contributed by atoms with Gasteiger partial charge in [0.15, 0.2) is 0 Å². The van der Waals surface area contributed by atoms with Gasteiger partial charge >= 0.3 is 0 Å². The van der Waals surface area contributed by atoms with Crippen LogP contribution in [0.2, 0.25) is 0 Å². The van der Waals surface area contributed by atoms with Crippen molar-refractivity contribution in [2.45, 2.75) is 0 Å². The Balaban J connectivity index is 2.43. The molecule has 1 heterocycles. The van der Waals surface area contributed by atoms with Crippen LogP contribution in [0.15, 0.2) is 36.4 Å². The summed E-state index contributed by atoms with van der Waals surface area (Å²) in [6.07, 6.45) is 0. The molecule has 2 rings (SSSR count). The van der Waals surface area contributed by atoms with E-state index in [-0.39, 0.29) is 0 Å². The van der Waals surface area contributed by atoms with E-state index in [1.54, 1.807) is 44.6 Å². The molecule has 1 aromatic heterocycles. The van der Waals surface area contributed by atoms with Gasteiger partial charge in [0.05, 0.1) is 14.2 Å². The molecule has 0 unspecified atom stereocenters. The highest BCUT2D eigenvalue weighted by Crippen LogP contribution is 2.30. The third-order valence-electron chi connectivity index (χ3n) is 2.72. The lowest BCUT2D eigenvalue weighted by Gasteiger charge is -2.09. The maximum Gasteiger partial charge on any atom is 0.248 e. The molecule has 0 saturated heterocycles. The van der Waals surface area contributed by atoms with E-state index in [0.29, 0.717) is 17.3 Å². The number of rotatable bonds is 4. The Bertz CT molecular complexity index is 594. The molecule has 0 bridgehead atoms. The number of carbonyl (C=O) groups is 1. The molecule has 1 aromatic carbocycles. The normalized spacial score (nSPS) is 10.0. The molecule has 0 aliphatic carbocycles. The van der Waals surface area contributed by atoms with Crippen molar-refractivity contribution in [3.63, 3.8) is 0 Å². The second-order valence-corrected chi connectivity index (χ2v) is 3.85. The highest BCUT2D eigenvalue weighted by Gasteiger charge is 2.09. The number of pyridine rings is 1. The number of carbonyl (C=O) groups excluding carboxylic acids is 1. The maximum absolute atomic E-state index is 11.0. The molecule has 0 fully saturated rings. The minimum atomic E-state index is -0.452.